The average Bonchev–Trinajstić information content (AvgIpc) is 3.24. The molecule has 0 radical (unpaired) electrons. The number of hydrogen-bond acceptors (Lipinski definition) is 2. The number of ether oxygens (including phenoxy) is 1. The molecule has 1 heterocycles. The van der Waals surface area contributed by atoms with Crippen LogP contribution in [0.15, 0.2) is 30.3 Å². The lowest BCUT2D eigenvalue weighted by molar-refractivity contribution is 0.111. The summed E-state index contributed by atoms with van der Waals surface area (Å²) in [4.78, 5) is 12.1. The first-order chi connectivity index (χ1) is 10.8. The molecule has 2 amide bonds. The van der Waals surface area contributed by atoms with E-state index in [1.807, 2.05) is 6.07 Å². The van der Waals surface area contributed by atoms with Crippen LogP contribution in [0.1, 0.15) is 44.1 Å². The van der Waals surface area contributed by atoms with Gasteiger partial charge in [-0.3, -0.25) is 0 Å². The van der Waals surface area contributed by atoms with Gasteiger partial charge in [-0.05, 0) is 31.2 Å². The van der Waals surface area contributed by atoms with E-state index in [1.54, 1.807) is 0 Å². The predicted molar refractivity (Wildman–Crippen MR) is 87.0 cm³/mol. The zero-order valence-electron chi connectivity index (χ0n) is 13.1. The molecule has 120 valence electrons. The van der Waals surface area contributed by atoms with Crippen molar-refractivity contribution >= 4 is 6.03 Å². The summed E-state index contributed by atoms with van der Waals surface area (Å²) in [7, 11) is 0. The van der Waals surface area contributed by atoms with Gasteiger partial charge < -0.3 is 15.4 Å². The highest BCUT2D eigenvalue weighted by Gasteiger charge is 2.35. The molecule has 1 unspecified atom stereocenters. The van der Waals surface area contributed by atoms with Crippen LogP contribution in [-0.4, -0.2) is 31.8 Å². The van der Waals surface area contributed by atoms with Gasteiger partial charge in [-0.15, -0.1) is 0 Å². The Morgan fingerprint density at radius 1 is 1.14 bits per heavy atom. The van der Waals surface area contributed by atoms with Crippen LogP contribution in [0.2, 0.25) is 0 Å². The quantitative estimate of drug-likeness (QED) is 0.878. The fourth-order valence-corrected chi connectivity index (χ4v) is 3.73. The van der Waals surface area contributed by atoms with E-state index in [1.165, 1.54) is 18.4 Å². The zero-order chi connectivity index (χ0) is 15.3. The molecule has 0 bridgehead atoms. The Balaban J connectivity index is 1.52. The van der Waals surface area contributed by atoms with Gasteiger partial charge in [0.1, 0.15) is 0 Å². The van der Waals surface area contributed by atoms with Crippen LogP contribution in [0.25, 0.3) is 0 Å². The Bertz CT molecular complexity index is 477. The van der Waals surface area contributed by atoms with Crippen molar-refractivity contribution in [3.63, 3.8) is 0 Å². The molecule has 2 aliphatic rings. The molecule has 1 aliphatic carbocycles. The summed E-state index contributed by atoms with van der Waals surface area (Å²) in [6.07, 6.45) is 7.15. The molecule has 1 aromatic rings. The molecular formula is C18H26N2O2. The van der Waals surface area contributed by atoms with Crippen molar-refractivity contribution in [2.45, 2.75) is 50.0 Å². The maximum absolute atomic E-state index is 12.1. The summed E-state index contributed by atoms with van der Waals surface area (Å²) in [5.74, 6) is 0. The van der Waals surface area contributed by atoms with Gasteiger partial charge in [0.2, 0.25) is 0 Å². The Kier molecular flexibility index (Phi) is 4.98. The van der Waals surface area contributed by atoms with Gasteiger partial charge in [0.25, 0.3) is 0 Å². The SMILES string of the molecule is O=C(NCC1CCCO1)NCC1(c2ccccc2)CCCC1. The third-order valence-electron chi connectivity index (χ3n) is 5.05. The third kappa shape index (κ3) is 3.61. The summed E-state index contributed by atoms with van der Waals surface area (Å²) in [6.45, 7) is 2.16. The standard InChI is InChI=1S/C18H26N2O2/c21-17(19-13-16-9-6-12-22-16)20-14-18(10-4-5-11-18)15-7-2-1-3-8-15/h1-3,7-8,16H,4-6,9-14H2,(H2,19,20,21). The number of urea groups is 1. The second-order valence-electron chi connectivity index (χ2n) is 6.55. The molecule has 4 nitrogen and oxygen atoms in total. The van der Waals surface area contributed by atoms with E-state index < -0.39 is 0 Å². The van der Waals surface area contributed by atoms with E-state index in [4.69, 9.17) is 4.74 Å². The van der Waals surface area contributed by atoms with E-state index in [0.717, 1.165) is 32.3 Å². The second kappa shape index (κ2) is 7.14. The predicted octanol–water partition coefficient (Wildman–Crippen LogP) is 2.98. The van der Waals surface area contributed by atoms with Crippen molar-refractivity contribution < 1.29 is 9.53 Å². The summed E-state index contributed by atoms with van der Waals surface area (Å²) in [6, 6.07) is 10.5. The Hall–Kier alpha value is -1.55. The molecule has 2 N–H and O–H groups in total. The van der Waals surface area contributed by atoms with E-state index in [0.29, 0.717) is 13.1 Å². The molecule has 22 heavy (non-hydrogen) atoms. The van der Waals surface area contributed by atoms with Gasteiger partial charge in [-0.2, -0.15) is 0 Å². The van der Waals surface area contributed by atoms with Crippen molar-refractivity contribution in [1.82, 2.24) is 10.6 Å². The molecule has 4 heteroatoms. The highest BCUT2D eigenvalue weighted by molar-refractivity contribution is 5.74. The molecule has 0 aromatic heterocycles. The lowest BCUT2D eigenvalue weighted by Crippen LogP contribution is -2.45. The van der Waals surface area contributed by atoms with Crippen LogP contribution in [0.4, 0.5) is 4.79 Å². The largest absolute Gasteiger partial charge is 0.376 e. The van der Waals surface area contributed by atoms with Gasteiger partial charge in [-0.1, -0.05) is 43.2 Å². The number of benzene rings is 1. The molecule has 1 atom stereocenters. The van der Waals surface area contributed by atoms with Crippen molar-refractivity contribution in [1.29, 1.82) is 0 Å². The van der Waals surface area contributed by atoms with Crippen LogP contribution >= 0.6 is 0 Å². The monoisotopic (exact) mass is 302 g/mol. The minimum atomic E-state index is -0.0716. The molecule has 3 rings (SSSR count). The summed E-state index contributed by atoms with van der Waals surface area (Å²) < 4.78 is 5.53. The highest BCUT2D eigenvalue weighted by Crippen LogP contribution is 2.40. The number of rotatable bonds is 5. The molecule has 1 aliphatic heterocycles. The first kappa shape index (κ1) is 15.3. The fraction of sp³-hybridized carbons (Fsp3) is 0.611. The van der Waals surface area contributed by atoms with Crippen molar-refractivity contribution in [2.24, 2.45) is 0 Å². The number of amides is 2. The number of hydrogen-bond donors (Lipinski definition) is 2. The molecule has 1 saturated carbocycles. The maximum Gasteiger partial charge on any atom is 0.314 e. The van der Waals surface area contributed by atoms with Gasteiger partial charge in [0, 0.05) is 25.1 Å². The van der Waals surface area contributed by atoms with Crippen molar-refractivity contribution in [2.75, 3.05) is 19.7 Å². The van der Waals surface area contributed by atoms with Gasteiger partial charge in [0.15, 0.2) is 0 Å². The first-order valence-electron chi connectivity index (χ1n) is 8.47. The van der Waals surface area contributed by atoms with Crippen LogP contribution in [0, 0.1) is 0 Å². The minimum Gasteiger partial charge on any atom is -0.376 e. The van der Waals surface area contributed by atoms with E-state index >= 15 is 0 Å². The molecule has 1 saturated heterocycles. The molecule has 0 spiro atoms. The average molecular weight is 302 g/mol. The Morgan fingerprint density at radius 2 is 1.91 bits per heavy atom. The summed E-state index contributed by atoms with van der Waals surface area (Å²) >= 11 is 0. The van der Waals surface area contributed by atoms with Gasteiger partial charge in [0.05, 0.1) is 6.10 Å². The lowest BCUT2D eigenvalue weighted by Gasteiger charge is -2.30. The topological polar surface area (TPSA) is 50.4 Å². The molecular weight excluding hydrogens is 276 g/mol. The van der Waals surface area contributed by atoms with Gasteiger partial charge in [-0.25, -0.2) is 4.79 Å². The second-order valence-corrected chi connectivity index (χ2v) is 6.55. The Morgan fingerprint density at radius 3 is 2.59 bits per heavy atom. The van der Waals surface area contributed by atoms with E-state index in [-0.39, 0.29) is 17.6 Å². The smallest absolute Gasteiger partial charge is 0.314 e. The minimum absolute atomic E-state index is 0.0716. The number of carbonyl (C=O) groups excluding carboxylic acids is 1. The van der Waals surface area contributed by atoms with Gasteiger partial charge >= 0.3 is 6.03 Å². The third-order valence-corrected chi connectivity index (χ3v) is 5.05. The van der Waals surface area contributed by atoms with E-state index in [9.17, 15) is 4.79 Å². The van der Waals surface area contributed by atoms with E-state index in [2.05, 4.69) is 34.9 Å². The molecule has 2 fully saturated rings. The van der Waals surface area contributed by atoms with Crippen LogP contribution < -0.4 is 10.6 Å². The maximum atomic E-state index is 12.1. The highest BCUT2D eigenvalue weighted by atomic mass is 16.5. The Labute approximate surface area is 132 Å². The summed E-state index contributed by atoms with van der Waals surface area (Å²) in [5.41, 5.74) is 1.47. The van der Waals surface area contributed by atoms with Crippen LogP contribution in [-0.2, 0) is 10.2 Å². The van der Waals surface area contributed by atoms with Crippen LogP contribution in [0.3, 0.4) is 0 Å². The normalized spacial score (nSPS) is 23.4. The van der Waals surface area contributed by atoms with Crippen LogP contribution in [0.5, 0.6) is 0 Å². The fourth-order valence-electron chi connectivity index (χ4n) is 3.73. The first-order valence-corrected chi connectivity index (χ1v) is 8.47. The number of carbonyl (C=O) groups is 1. The molecule has 1 aromatic carbocycles. The number of nitrogens with one attached hydrogen (secondary N) is 2. The van der Waals surface area contributed by atoms with Crippen molar-refractivity contribution in [3.05, 3.63) is 35.9 Å². The zero-order valence-corrected chi connectivity index (χ0v) is 13.1. The summed E-state index contributed by atoms with van der Waals surface area (Å²) in [5, 5.41) is 6.02. The lowest BCUT2D eigenvalue weighted by atomic mass is 9.79. The van der Waals surface area contributed by atoms with Crippen molar-refractivity contribution in [3.8, 4) is 0 Å².